The molecule has 0 heterocycles. The Balaban J connectivity index is 2.79. The molecule has 1 unspecified atom stereocenters. The second kappa shape index (κ2) is 6.97. The molecule has 1 N–H and O–H groups in total. The standard InChI is InChI=1S/C12H14BrClFNO/c1-2-8(6-7-14)16-12(17)9-4-3-5-10(15)11(9)13/h3-5,8H,2,6-7H2,1H3,(H,16,17). The fourth-order valence-corrected chi connectivity index (χ4v) is 2.16. The van der Waals surface area contributed by atoms with E-state index in [1.54, 1.807) is 6.07 Å². The smallest absolute Gasteiger partial charge is 0.252 e. The fourth-order valence-electron chi connectivity index (χ4n) is 1.45. The predicted molar refractivity (Wildman–Crippen MR) is 71.0 cm³/mol. The second-order valence-corrected chi connectivity index (χ2v) is 4.83. The average molecular weight is 323 g/mol. The third-order valence-electron chi connectivity index (χ3n) is 2.48. The van der Waals surface area contributed by atoms with Crippen LogP contribution in [0.3, 0.4) is 0 Å². The summed E-state index contributed by atoms with van der Waals surface area (Å²) >= 11 is 8.71. The van der Waals surface area contributed by atoms with Gasteiger partial charge >= 0.3 is 0 Å². The maximum Gasteiger partial charge on any atom is 0.252 e. The quantitative estimate of drug-likeness (QED) is 0.822. The van der Waals surface area contributed by atoms with Crippen molar-refractivity contribution in [2.75, 3.05) is 5.88 Å². The molecule has 0 spiro atoms. The molecule has 0 fully saturated rings. The Morgan fingerprint density at radius 2 is 2.29 bits per heavy atom. The topological polar surface area (TPSA) is 29.1 Å². The molecule has 0 saturated heterocycles. The molecule has 0 aliphatic carbocycles. The van der Waals surface area contributed by atoms with Gasteiger partial charge in [0.2, 0.25) is 0 Å². The van der Waals surface area contributed by atoms with Gasteiger partial charge in [-0.15, -0.1) is 11.6 Å². The van der Waals surface area contributed by atoms with Crippen LogP contribution < -0.4 is 5.32 Å². The van der Waals surface area contributed by atoms with Crippen LogP contribution in [-0.4, -0.2) is 17.8 Å². The Hall–Kier alpha value is -0.610. The molecule has 1 aromatic rings. The minimum absolute atomic E-state index is 0.0233. The van der Waals surface area contributed by atoms with E-state index in [2.05, 4.69) is 21.2 Å². The van der Waals surface area contributed by atoms with Crippen LogP contribution in [0.25, 0.3) is 0 Å². The highest BCUT2D eigenvalue weighted by Gasteiger charge is 2.15. The van der Waals surface area contributed by atoms with Gasteiger partial charge in [-0.3, -0.25) is 4.79 Å². The van der Waals surface area contributed by atoms with Crippen LogP contribution in [0.5, 0.6) is 0 Å². The van der Waals surface area contributed by atoms with Gasteiger partial charge in [0.1, 0.15) is 5.82 Å². The van der Waals surface area contributed by atoms with Crippen LogP contribution in [0.1, 0.15) is 30.1 Å². The lowest BCUT2D eigenvalue weighted by Gasteiger charge is -2.16. The molecule has 5 heteroatoms. The number of rotatable bonds is 5. The molecule has 2 nitrogen and oxygen atoms in total. The Morgan fingerprint density at radius 3 is 2.88 bits per heavy atom. The molecular weight excluding hydrogens is 308 g/mol. The highest BCUT2D eigenvalue weighted by atomic mass is 79.9. The van der Waals surface area contributed by atoms with Gasteiger partial charge in [-0.1, -0.05) is 13.0 Å². The number of halogens is 3. The number of carbonyl (C=O) groups excluding carboxylic acids is 1. The van der Waals surface area contributed by atoms with Crippen molar-refractivity contribution in [2.45, 2.75) is 25.8 Å². The molecule has 0 aliphatic rings. The summed E-state index contributed by atoms with van der Waals surface area (Å²) in [5, 5.41) is 2.83. The van der Waals surface area contributed by atoms with Crippen molar-refractivity contribution in [3.8, 4) is 0 Å². The average Bonchev–Trinajstić information content (AvgIpc) is 2.31. The van der Waals surface area contributed by atoms with Crippen molar-refractivity contribution in [1.82, 2.24) is 5.32 Å². The summed E-state index contributed by atoms with van der Waals surface area (Å²) in [6, 6.07) is 4.42. The minimum Gasteiger partial charge on any atom is -0.349 e. The lowest BCUT2D eigenvalue weighted by molar-refractivity contribution is 0.0933. The van der Waals surface area contributed by atoms with Gasteiger partial charge in [-0.05, 0) is 40.9 Å². The molecule has 0 aromatic heterocycles. The molecular formula is C12H14BrClFNO. The lowest BCUT2D eigenvalue weighted by atomic mass is 10.1. The molecule has 17 heavy (non-hydrogen) atoms. The number of nitrogens with one attached hydrogen (secondary N) is 1. The summed E-state index contributed by atoms with van der Waals surface area (Å²) in [6.07, 6.45) is 1.50. The largest absolute Gasteiger partial charge is 0.349 e. The van der Waals surface area contributed by atoms with Gasteiger partial charge in [0.25, 0.3) is 5.91 Å². The van der Waals surface area contributed by atoms with E-state index in [9.17, 15) is 9.18 Å². The first-order valence-corrected chi connectivity index (χ1v) is 6.73. The van der Waals surface area contributed by atoms with Gasteiger partial charge in [-0.2, -0.15) is 0 Å². The van der Waals surface area contributed by atoms with Crippen molar-refractivity contribution in [3.05, 3.63) is 34.1 Å². The second-order valence-electron chi connectivity index (χ2n) is 3.66. The Labute approximate surface area is 114 Å². The monoisotopic (exact) mass is 321 g/mol. The minimum atomic E-state index is -0.442. The number of benzene rings is 1. The number of carbonyl (C=O) groups is 1. The summed E-state index contributed by atoms with van der Waals surface area (Å²) in [5.74, 6) is -0.236. The summed E-state index contributed by atoms with van der Waals surface area (Å²) < 4.78 is 13.5. The Kier molecular flexibility index (Phi) is 5.92. The molecule has 0 aliphatic heterocycles. The van der Waals surface area contributed by atoms with Crippen molar-refractivity contribution >= 4 is 33.4 Å². The number of hydrogen-bond acceptors (Lipinski definition) is 1. The molecule has 1 atom stereocenters. The van der Waals surface area contributed by atoms with Crippen molar-refractivity contribution < 1.29 is 9.18 Å². The SMILES string of the molecule is CCC(CCCl)NC(=O)c1cccc(F)c1Br. The van der Waals surface area contributed by atoms with E-state index in [4.69, 9.17) is 11.6 Å². The van der Waals surface area contributed by atoms with E-state index in [0.29, 0.717) is 17.9 Å². The van der Waals surface area contributed by atoms with Crippen molar-refractivity contribution in [1.29, 1.82) is 0 Å². The van der Waals surface area contributed by atoms with Gasteiger partial charge in [0, 0.05) is 11.9 Å². The van der Waals surface area contributed by atoms with Gasteiger partial charge in [-0.25, -0.2) is 4.39 Å². The van der Waals surface area contributed by atoms with Gasteiger partial charge in [0.05, 0.1) is 10.0 Å². The summed E-state index contributed by atoms with van der Waals surface area (Å²) in [6.45, 7) is 1.97. The molecule has 94 valence electrons. The molecule has 0 bridgehead atoms. The number of hydrogen-bond donors (Lipinski definition) is 1. The Morgan fingerprint density at radius 1 is 1.59 bits per heavy atom. The molecule has 0 radical (unpaired) electrons. The fraction of sp³-hybridized carbons (Fsp3) is 0.417. The zero-order valence-corrected chi connectivity index (χ0v) is 11.8. The number of amides is 1. The predicted octanol–water partition coefficient (Wildman–Crippen LogP) is 3.73. The van der Waals surface area contributed by atoms with E-state index in [1.807, 2.05) is 6.92 Å². The maximum atomic E-state index is 13.3. The summed E-state index contributed by atoms with van der Waals surface area (Å²) in [4.78, 5) is 11.9. The molecule has 1 aromatic carbocycles. The van der Waals surface area contributed by atoms with Crippen LogP contribution in [-0.2, 0) is 0 Å². The highest BCUT2D eigenvalue weighted by molar-refractivity contribution is 9.10. The normalized spacial score (nSPS) is 12.2. The number of alkyl halides is 1. The van der Waals surface area contributed by atoms with Crippen LogP contribution in [0, 0.1) is 5.82 Å². The van der Waals surface area contributed by atoms with Crippen LogP contribution in [0.4, 0.5) is 4.39 Å². The first-order chi connectivity index (χ1) is 8.10. The Bertz CT molecular complexity index is 400. The zero-order valence-electron chi connectivity index (χ0n) is 9.47. The zero-order chi connectivity index (χ0) is 12.8. The molecule has 1 rings (SSSR count). The molecule has 0 saturated carbocycles. The molecule has 1 amide bonds. The van der Waals surface area contributed by atoms with E-state index >= 15 is 0 Å². The third-order valence-corrected chi connectivity index (χ3v) is 3.51. The van der Waals surface area contributed by atoms with Crippen molar-refractivity contribution in [2.24, 2.45) is 0 Å². The first kappa shape index (κ1) is 14.5. The van der Waals surface area contributed by atoms with Crippen molar-refractivity contribution in [3.63, 3.8) is 0 Å². The van der Waals surface area contributed by atoms with Crippen LogP contribution in [0.2, 0.25) is 0 Å². The summed E-state index contributed by atoms with van der Waals surface area (Å²) in [7, 11) is 0. The third kappa shape index (κ3) is 3.96. The van der Waals surface area contributed by atoms with Gasteiger partial charge in [0.15, 0.2) is 0 Å². The van der Waals surface area contributed by atoms with E-state index in [-0.39, 0.29) is 16.4 Å². The summed E-state index contributed by atoms with van der Waals surface area (Å²) in [5.41, 5.74) is 0.304. The van der Waals surface area contributed by atoms with E-state index < -0.39 is 5.82 Å². The maximum absolute atomic E-state index is 13.3. The first-order valence-electron chi connectivity index (χ1n) is 5.41. The van der Waals surface area contributed by atoms with Crippen LogP contribution in [0.15, 0.2) is 22.7 Å². The van der Waals surface area contributed by atoms with E-state index in [1.165, 1.54) is 12.1 Å². The van der Waals surface area contributed by atoms with Crippen LogP contribution >= 0.6 is 27.5 Å². The lowest BCUT2D eigenvalue weighted by Crippen LogP contribution is -2.34. The van der Waals surface area contributed by atoms with E-state index in [0.717, 1.165) is 6.42 Å². The highest BCUT2D eigenvalue weighted by Crippen LogP contribution is 2.20. The van der Waals surface area contributed by atoms with Gasteiger partial charge < -0.3 is 5.32 Å².